The van der Waals surface area contributed by atoms with Crippen molar-refractivity contribution in [1.29, 1.82) is 0 Å². The summed E-state index contributed by atoms with van der Waals surface area (Å²) in [4.78, 5) is 0. The van der Waals surface area contributed by atoms with E-state index >= 15 is 0 Å². The summed E-state index contributed by atoms with van der Waals surface area (Å²) >= 11 is 5.88. The van der Waals surface area contributed by atoms with Crippen LogP contribution in [-0.2, 0) is 18.8 Å². The molecule has 2 aromatic rings. The van der Waals surface area contributed by atoms with Crippen LogP contribution in [0.2, 0.25) is 5.02 Å². The van der Waals surface area contributed by atoms with Crippen molar-refractivity contribution in [3.8, 4) is 0 Å². The standard InChI is InChI=1S/C16H12ClF6N/c1-24-14-8-12(16(21,22)23)5-3-10(14)6-9-2-4-11(7-13(9)17)15(18,19)20/h2-5,7-8,24H,6H2,1H3. The molecule has 24 heavy (non-hydrogen) atoms. The predicted octanol–water partition coefficient (Wildman–Crippen LogP) is 6.01. The molecular weight excluding hydrogens is 356 g/mol. The SMILES string of the molecule is CNc1cc(C(F)(F)F)ccc1Cc1ccc(C(F)(F)F)cc1Cl. The smallest absolute Gasteiger partial charge is 0.388 e. The summed E-state index contributed by atoms with van der Waals surface area (Å²) in [5.74, 6) is 0. The first-order valence-corrected chi connectivity index (χ1v) is 7.13. The molecule has 8 heteroatoms. The van der Waals surface area contributed by atoms with Gasteiger partial charge in [-0.05, 0) is 35.4 Å². The minimum atomic E-state index is -4.51. The lowest BCUT2D eigenvalue weighted by Crippen LogP contribution is -2.08. The maximum absolute atomic E-state index is 12.7. The second-order valence-corrected chi connectivity index (χ2v) is 5.51. The van der Waals surface area contributed by atoms with Crippen LogP contribution in [0.5, 0.6) is 0 Å². The zero-order chi connectivity index (χ0) is 18.1. The molecule has 0 radical (unpaired) electrons. The molecule has 0 amide bonds. The summed E-state index contributed by atoms with van der Waals surface area (Å²) in [5.41, 5.74) is -0.569. The van der Waals surface area contributed by atoms with E-state index in [1.165, 1.54) is 19.2 Å². The van der Waals surface area contributed by atoms with Gasteiger partial charge in [0.2, 0.25) is 0 Å². The van der Waals surface area contributed by atoms with Gasteiger partial charge in [0.15, 0.2) is 0 Å². The maximum Gasteiger partial charge on any atom is 0.416 e. The van der Waals surface area contributed by atoms with E-state index in [0.717, 1.165) is 24.3 Å². The molecule has 0 aliphatic rings. The molecule has 0 saturated carbocycles. The van der Waals surface area contributed by atoms with Crippen molar-refractivity contribution in [2.75, 3.05) is 12.4 Å². The Bertz CT molecular complexity index is 736. The molecule has 2 aromatic carbocycles. The van der Waals surface area contributed by atoms with Gasteiger partial charge < -0.3 is 5.32 Å². The topological polar surface area (TPSA) is 12.0 Å². The monoisotopic (exact) mass is 367 g/mol. The molecule has 0 aliphatic heterocycles. The second-order valence-electron chi connectivity index (χ2n) is 5.10. The van der Waals surface area contributed by atoms with E-state index in [2.05, 4.69) is 5.32 Å². The number of rotatable bonds is 3. The summed E-state index contributed by atoms with van der Waals surface area (Å²) in [6, 6.07) is 6.08. The fraction of sp³-hybridized carbons (Fsp3) is 0.250. The Labute approximate surface area is 139 Å². The molecule has 0 fully saturated rings. The van der Waals surface area contributed by atoms with Crippen LogP contribution in [0.3, 0.4) is 0 Å². The summed E-state index contributed by atoms with van der Waals surface area (Å²) < 4.78 is 76.1. The zero-order valence-electron chi connectivity index (χ0n) is 12.3. The number of benzene rings is 2. The molecule has 2 rings (SSSR count). The average Bonchev–Trinajstić information content (AvgIpc) is 2.47. The number of alkyl halides is 6. The van der Waals surface area contributed by atoms with E-state index in [0.29, 0.717) is 11.1 Å². The summed E-state index contributed by atoms with van der Waals surface area (Å²) in [6.07, 6.45) is -8.88. The normalized spacial score (nSPS) is 12.3. The Morgan fingerprint density at radius 3 is 1.79 bits per heavy atom. The molecule has 0 bridgehead atoms. The van der Waals surface area contributed by atoms with Crippen LogP contribution in [0.4, 0.5) is 32.0 Å². The van der Waals surface area contributed by atoms with Crippen LogP contribution < -0.4 is 5.32 Å². The van der Waals surface area contributed by atoms with Gasteiger partial charge in [-0.15, -0.1) is 0 Å². The summed E-state index contributed by atoms with van der Waals surface area (Å²) in [5, 5.41) is 2.57. The quantitative estimate of drug-likeness (QED) is 0.655. The highest BCUT2D eigenvalue weighted by Gasteiger charge is 2.32. The molecule has 0 unspecified atom stereocenters. The van der Waals surface area contributed by atoms with Crippen molar-refractivity contribution in [2.24, 2.45) is 0 Å². The highest BCUT2D eigenvalue weighted by Crippen LogP contribution is 2.35. The first-order chi connectivity index (χ1) is 11.0. The molecule has 130 valence electrons. The van der Waals surface area contributed by atoms with Crippen molar-refractivity contribution >= 4 is 17.3 Å². The second kappa shape index (κ2) is 6.55. The van der Waals surface area contributed by atoms with Gasteiger partial charge in [-0.25, -0.2) is 0 Å². The zero-order valence-corrected chi connectivity index (χ0v) is 13.1. The Hall–Kier alpha value is -1.89. The van der Waals surface area contributed by atoms with Gasteiger partial charge in [0.1, 0.15) is 0 Å². The molecule has 0 saturated heterocycles. The molecule has 0 heterocycles. The molecule has 1 nitrogen and oxygen atoms in total. The van der Waals surface area contributed by atoms with Gasteiger partial charge in [-0.1, -0.05) is 23.7 Å². The van der Waals surface area contributed by atoms with E-state index in [1.54, 1.807) is 0 Å². The molecular formula is C16H12ClF6N. The van der Waals surface area contributed by atoms with E-state index in [1.807, 2.05) is 0 Å². The Balaban J connectivity index is 2.35. The van der Waals surface area contributed by atoms with Crippen LogP contribution in [-0.4, -0.2) is 7.05 Å². The van der Waals surface area contributed by atoms with Gasteiger partial charge >= 0.3 is 12.4 Å². The fourth-order valence-corrected chi connectivity index (χ4v) is 2.46. The van der Waals surface area contributed by atoms with E-state index in [4.69, 9.17) is 11.6 Å². The van der Waals surface area contributed by atoms with Crippen LogP contribution in [0.1, 0.15) is 22.3 Å². The van der Waals surface area contributed by atoms with Crippen molar-refractivity contribution in [1.82, 2.24) is 0 Å². The van der Waals surface area contributed by atoms with Gasteiger partial charge in [0, 0.05) is 24.2 Å². The lowest BCUT2D eigenvalue weighted by atomic mass is 10.00. The van der Waals surface area contributed by atoms with Crippen molar-refractivity contribution in [3.05, 3.63) is 63.7 Å². The number of anilines is 1. The first kappa shape index (κ1) is 18.4. The predicted molar refractivity (Wildman–Crippen MR) is 80.3 cm³/mol. The molecule has 0 aromatic heterocycles. The number of hydrogen-bond donors (Lipinski definition) is 1. The third kappa shape index (κ3) is 4.14. The lowest BCUT2D eigenvalue weighted by Gasteiger charge is -2.15. The Morgan fingerprint density at radius 1 is 0.833 bits per heavy atom. The molecule has 0 atom stereocenters. The maximum atomic E-state index is 12.7. The van der Waals surface area contributed by atoms with Gasteiger partial charge in [0.05, 0.1) is 11.1 Å². The van der Waals surface area contributed by atoms with E-state index in [9.17, 15) is 26.3 Å². The highest BCUT2D eigenvalue weighted by molar-refractivity contribution is 6.31. The van der Waals surface area contributed by atoms with Crippen LogP contribution in [0.25, 0.3) is 0 Å². The Kier molecular flexibility index (Phi) is 5.03. The van der Waals surface area contributed by atoms with Gasteiger partial charge in [-0.3, -0.25) is 0 Å². The minimum absolute atomic E-state index is 0.0909. The first-order valence-electron chi connectivity index (χ1n) is 6.76. The minimum Gasteiger partial charge on any atom is -0.388 e. The van der Waals surface area contributed by atoms with Crippen molar-refractivity contribution < 1.29 is 26.3 Å². The third-order valence-electron chi connectivity index (χ3n) is 3.47. The third-order valence-corrected chi connectivity index (χ3v) is 3.82. The average molecular weight is 368 g/mol. The largest absolute Gasteiger partial charge is 0.416 e. The van der Waals surface area contributed by atoms with Gasteiger partial charge in [-0.2, -0.15) is 26.3 Å². The summed E-state index contributed by atoms with van der Waals surface area (Å²) in [6.45, 7) is 0. The molecule has 0 spiro atoms. The molecule has 0 aliphatic carbocycles. The number of hydrogen-bond acceptors (Lipinski definition) is 1. The van der Waals surface area contributed by atoms with Crippen LogP contribution in [0, 0.1) is 0 Å². The Morgan fingerprint density at radius 2 is 1.33 bits per heavy atom. The summed E-state index contributed by atoms with van der Waals surface area (Å²) in [7, 11) is 1.47. The number of nitrogens with one attached hydrogen (secondary N) is 1. The van der Waals surface area contributed by atoms with Gasteiger partial charge in [0.25, 0.3) is 0 Å². The highest BCUT2D eigenvalue weighted by atomic mass is 35.5. The van der Waals surface area contributed by atoms with E-state index < -0.39 is 23.5 Å². The number of halogens is 7. The van der Waals surface area contributed by atoms with Crippen molar-refractivity contribution in [2.45, 2.75) is 18.8 Å². The fourth-order valence-electron chi connectivity index (χ4n) is 2.21. The van der Waals surface area contributed by atoms with Crippen LogP contribution in [0.15, 0.2) is 36.4 Å². The molecule has 1 N–H and O–H groups in total. The van der Waals surface area contributed by atoms with E-state index in [-0.39, 0.29) is 17.1 Å². The van der Waals surface area contributed by atoms with Crippen LogP contribution >= 0.6 is 11.6 Å². The van der Waals surface area contributed by atoms with Crippen molar-refractivity contribution in [3.63, 3.8) is 0 Å². The lowest BCUT2D eigenvalue weighted by molar-refractivity contribution is -0.138.